The topological polar surface area (TPSA) is 150 Å². The predicted octanol–water partition coefficient (Wildman–Crippen LogP) is 1.77. The third-order valence-corrected chi connectivity index (χ3v) is 3.55. The summed E-state index contributed by atoms with van der Waals surface area (Å²) in [6, 6.07) is 1.73. The van der Waals surface area contributed by atoms with Crippen molar-refractivity contribution in [2.45, 2.75) is 19.4 Å². The number of hydrogen-bond acceptors (Lipinski definition) is 9. The van der Waals surface area contributed by atoms with Crippen LogP contribution in [0.3, 0.4) is 0 Å². The molecule has 3 rings (SSSR count). The second kappa shape index (κ2) is 7.15. The molecule has 0 unspecified atom stereocenters. The maximum Gasteiger partial charge on any atom is 0.442 e. The highest BCUT2D eigenvalue weighted by atomic mass is 79.9. The third-order valence-electron chi connectivity index (χ3n) is 3.13. The highest BCUT2D eigenvalue weighted by Gasteiger charge is 2.22. The maximum absolute atomic E-state index is 11.9. The van der Waals surface area contributed by atoms with E-state index in [1.165, 1.54) is 10.8 Å². The maximum atomic E-state index is 11.9. The molecule has 0 spiro atoms. The van der Waals surface area contributed by atoms with Gasteiger partial charge in [0, 0.05) is 0 Å². The molecule has 0 saturated carbocycles. The Morgan fingerprint density at radius 3 is 3.00 bits per heavy atom. The average Bonchev–Trinajstić information content (AvgIpc) is 3.27. The van der Waals surface area contributed by atoms with Gasteiger partial charge in [0.25, 0.3) is 0 Å². The summed E-state index contributed by atoms with van der Waals surface area (Å²) in [4.78, 5) is 14.8. The lowest BCUT2D eigenvalue weighted by Gasteiger charge is -2.00. The predicted molar refractivity (Wildman–Crippen MR) is 80.0 cm³/mol. The Kier molecular flexibility index (Phi) is 4.77. The van der Waals surface area contributed by atoms with Gasteiger partial charge in [-0.05, 0) is 40.0 Å². The molecule has 3 aromatic heterocycles. The van der Waals surface area contributed by atoms with E-state index < -0.39 is 5.76 Å². The molecule has 0 aliphatic carbocycles. The van der Waals surface area contributed by atoms with E-state index in [2.05, 4.69) is 41.4 Å². The van der Waals surface area contributed by atoms with Crippen molar-refractivity contribution in [3.8, 4) is 11.5 Å². The first kappa shape index (κ1) is 16.0. The quantitative estimate of drug-likeness (QED) is 0.362. The van der Waals surface area contributed by atoms with Gasteiger partial charge in [-0.25, -0.2) is 14.0 Å². The van der Waals surface area contributed by atoms with E-state index in [1.54, 1.807) is 6.07 Å². The standard InChI is InChI=1S/C12H11BrN7O4/c13-7-4-8(22-6-7)5-20-11(18-23-12(20)21)10-9(16-24-17-10)2-1-3-15-19-14/h4,6,14H,1-3,5H2/q+1. The van der Waals surface area contributed by atoms with Crippen molar-refractivity contribution in [1.29, 1.82) is 5.53 Å². The first-order valence-electron chi connectivity index (χ1n) is 6.83. The second-order valence-corrected chi connectivity index (χ2v) is 5.63. The number of furan rings is 1. The number of nitrogens with zero attached hydrogens (tertiary/aromatic N) is 6. The van der Waals surface area contributed by atoms with Gasteiger partial charge in [0.1, 0.15) is 34.9 Å². The van der Waals surface area contributed by atoms with Crippen LogP contribution < -0.4 is 10.7 Å². The van der Waals surface area contributed by atoms with Crippen LogP contribution in [0.15, 0.2) is 40.3 Å². The molecule has 1 N–H and O–H groups in total. The lowest BCUT2D eigenvalue weighted by Crippen LogP contribution is -2.16. The van der Waals surface area contributed by atoms with Crippen LogP contribution in [0.4, 0.5) is 0 Å². The molecule has 124 valence electrons. The number of hydrogen-bond donors (Lipinski definition) is 1. The summed E-state index contributed by atoms with van der Waals surface area (Å²) in [6.07, 6.45) is 2.58. The fraction of sp³-hybridized carbons (Fsp3) is 0.333. The van der Waals surface area contributed by atoms with E-state index in [-0.39, 0.29) is 12.4 Å². The van der Waals surface area contributed by atoms with Gasteiger partial charge in [-0.2, -0.15) is 0 Å². The normalized spacial score (nSPS) is 10.7. The Bertz CT molecular complexity index is 933. The fourth-order valence-corrected chi connectivity index (χ4v) is 2.43. The molecule has 0 amide bonds. The molecule has 0 aromatic carbocycles. The summed E-state index contributed by atoms with van der Waals surface area (Å²) in [7, 11) is 0. The molecule has 0 saturated heterocycles. The van der Waals surface area contributed by atoms with Crippen LogP contribution in [-0.2, 0) is 13.0 Å². The molecule has 12 heteroatoms. The third kappa shape index (κ3) is 3.39. The monoisotopic (exact) mass is 396 g/mol. The van der Waals surface area contributed by atoms with Crippen molar-refractivity contribution >= 4 is 15.9 Å². The van der Waals surface area contributed by atoms with Gasteiger partial charge < -0.3 is 4.42 Å². The number of halogens is 1. The molecule has 0 bridgehead atoms. The average molecular weight is 397 g/mol. The van der Waals surface area contributed by atoms with Crippen LogP contribution in [0.1, 0.15) is 17.9 Å². The van der Waals surface area contributed by atoms with Crippen molar-refractivity contribution in [3.05, 3.63) is 38.8 Å². The highest BCUT2D eigenvalue weighted by molar-refractivity contribution is 9.10. The van der Waals surface area contributed by atoms with Crippen molar-refractivity contribution < 1.29 is 13.6 Å². The molecule has 0 aliphatic heterocycles. The smallest absolute Gasteiger partial charge is 0.442 e. The number of rotatable bonds is 7. The van der Waals surface area contributed by atoms with E-state index in [0.717, 1.165) is 4.47 Å². The molecule has 0 atom stereocenters. The van der Waals surface area contributed by atoms with E-state index in [1.807, 2.05) is 0 Å². The zero-order valence-corrected chi connectivity index (χ0v) is 13.8. The van der Waals surface area contributed by atoms with Crippen LogP contribution in [0, 0.1) is 5.53 Å². The summed E-state index contributed by atoms with van der Waals surface area (Å²) in [6.45, 7) is 0.504. The minimum absolute atomic E-state index is 0.128. The van der Waals surface area contributed by atoms with Gasteiger partial charge in [-0.15, -0.1) is 0 Å². The Hall–Kier alpha value is -2.85. The van der Waals surface area contributed by atoms with Crippen LogP contribution in [0.5, 0.6) is 0 Å². The molecule has 11 nitrogen and oxygen atoms in total. The van der Waals surface area contributed by atoms with E-state index in [4.69, 9.17) is 19.1 Å². The molecular weight excluding hydrogens is 386 g/mol. The van der Waals surface area contributed by atoms with E-state index in [0.29, 0.717) is 36.5 Å². The Labute approximate surface area is 141 Å². The van der Waals surface area contributed by atoms with Crippen molar-refractivity contribution in [3.63, 3.8) is 0 Å². The lowest BCUT2D eigenvalue weighted by atomic mass is 10.2. The summed E-state index contributed by atoms with van der Waals surface area (Å²) in [5.74, 6) is 0.0997. The molecule has 0 aliphatic rings. The minimum atomic E-state index is -0.644. The van der Waals surface area contributed by atoms with Crippen molar-refractivity contribution in [2.24, 2.45) is 5.11 Å². The molecular formula is C12H11BrN7O4+. The van der Waals surface area contributed by atoms with E-state index >= 15 is 0 Å². The van der Waals surface area contributed by atoms with Gasteiger partial charge in [0.2, 0.25) is 10.7 Å². The summed E-state index contributed by atoms with van der Waals surface area (Å²) in [5, 5.41) is 14.9. The molecule has 0 fully saturated rings. The van der Waals surface area contributed by atoms with Crippen LogP contribution in [0.25, 0.3) is 11.5 Å². The van der Waals surface area contributed by atoms with E-state index in [9.17, 15) is 4.79 Å². The second-order valence-electron chi connectivity index (χ2n) is 4.72. The Morgan fingerprint density at radius 2 is 2.25 bits per heavy atom. The number of aryl methyl sites for hydroxylation is 1. The first-order valence-corrected chi connectivity index (χ1v) is 7.63. The van der Waals surface area contributed by atoms with Crippen molar-refractivity contribution in [1.82, 2.24) is 24.9 Å². The summed E-state index contributed by atoms with van der Waals surface area (Å²) >= 11 is 3.28. The minimum Gasteiger partial charge on any atom is -0.466 e. The SMILES string of the molecule is N=[N+]=NCCCc1nonc1-c1noc(=O)n1Cc1cc(Br)co1. The lowest BCUT2D eigenvalue weighted by molar-refractivity contribution is 0.303. The van der Waals surface area contributed by atoms with Crippen LogP contribution in [0.2, 0.25) is 0 Å². The molecule has 3 heterocycles. The number of aromatic nitrogens is 4. The van der Waals surface area contributed by atoms with Gasteiger partial charge in [0.15, 0.2) is 5.69 Å². The van der Waals surface area contributed by atoms with Gasteiger partial charge in [0.05, 0.1) is 11.0 Å². The Morgan fingerprint density at radius 1 is 1.38 bits per heavy atom. The zero-order chi connectivity index (χ0) is 16.9. The molecule has 24 heavy (non-hydrogen) atoms. The number of nitrogens with one attached hydrogen (secondary N) is 1. The zero-order valence-electron chi connectivity index (χ0n) is 12.2. The van der Waals surface area contributed by atoms with Gasteiger partial charge in [-0.3, -0.25) is 4.52 Å². The van der Waals surface area contributed by atoms with Crippen LogP contribution >= 0.6 is 15.9 Å². The fourth-order valence-electron chi connectivity index (χ4n) is 2.08. The Balaban J connectivity index is 1.86. The highest BCUT2D eigenvalue weighted by Crippen LogP contribution is 2.21. The van der Waals surface area contributed by atoms with Crippen molar-refractivity contribution in [2.75, 3.05) is 6.54 Å². The molecule has 3 aromatic rings. The van der Waals surface area contributed by atoms with Gasteiger partial charge in [-0.1, -0.05) is 10.3 Å². The molecule has 0 radical (unpaired) electrons. The van der Waals surface area contributed by atoms with Gasteiger partial charge >= 0.3 is 5.76 Å². The van der Waals surface area contributed by atoms with Crippen LogP contribution in [-0.4, -0.2) is 26.6 Å². The first-order chi connectivity index (χ1) is 11.7. The largest absolute Gasteiger partial charge is 0.466 e. The summed E-state index contributed by atoms with van der Waals surface area (Å²) < 4.78 is 16.8. The summed E-state index contributed by atoms with van der Waals surface area (Å²) in [5.41, 5.74) is 7.44.